The topological polar surface area (TPSA) is 112 Å². The molecule has 0 aliphatic carbocycles. The summed E-state index contributed by atoms with van der Waals surface area (Å²) >= 11 is 7.74. The zero-order valence-electron chi connectivity index (χ0n) is 21.8. The summed E-state index contributed by atoms with van der Waals surface area (Å²) in [6, 6.07) is 5.83. The lowest BCUT2D eigenvalue weighted by Crippen LogP contribution is -2.62. The van der Waals surface area contributed by atoms with Gasteiger partial charge in [0, 0.05) is 81.8 Å². The first-order chi connectivity index (χ1) is 18.0. The van der Waals surface area contributed by atoms with Gasteiger partial charge in [0.2, 0.25) is 5.91 Å². The van der Waals surface area contributed by atoms with Gasteiger partial charge in [0.1, 0.15) is 10.1 Å². The molecule has 3 aliphatic rings. The number of nitrogens with zero attached hydrogens (tertiary/aromatic N) is 5. The maximum atomic E-state index is 13.7. The summed E-state index contributed by atoms with van der Waals surface area (Å²) in [4.78, 5) is 34.6. The number of sulfonamides is 1. The zero-order valence-corrected chi connectivity index (χ0v) is 24.2. The summed E-state index contributed by atoms with van der Waals surface area (Å²) < 4.78 is 28.5. The third kappa shape index (κ3) is 4.92. The number of hydrogen-bond acceptors (Lipinski definition) is 7. The van der Waals surface area contributed by atoms with Crippen LogP contribution in [0.1, 0.15) is 19.8 Å². The molecule has 0 bridgehead atoms. The van der Waals surface area contributed by atoms with Gasteiger partial charge >= 0.3 is 6.03 Å². The SMILES string of the molecule is CC1SC2=C(CCN(C(=O)N3CCN(S(=O)(=O)c4cc5cc(Cl)ccc5[nH]4)CC3CC(=O)N(C)C)N2)N1C. The van der Waals surface area contributed by atoms with Gasteiger partial charge in [0.05, 0.1) is 11.4 Å². The van der Waals surface area contributed by atoms with E-state index in [0.29, 0.717) is 22.5 Å². The van der Waals surface area contributed by atoms with Crippen LogP contribution in [-0.2, 0) is 14.8 Å². The predicted octanol–water partition coefficient (Wildman–Crippen LogP) is 2.50. The molecule has 1 saturated heterocycles. The number of hydrogen-bond donors (Lipinski definition) is 2. The van der Waals surface area contributed by atoms with Crippen molar-refractivity contribution >= 4 is 56.2 Å². The Morgan fingerprint density at radius 3 is 2.68 bits per heavy atom. The largest absolute Gasteiger partial charge is 0.364 e. The van der Waals surface area contributed by atoms with Crippen LogP contribution in [0.2, 0.25) is 5.02 Å². The van der Waals surface area contributed by atoms with E-state index in [2.05, 4.69) is 22.2 Å². The molecule has 0 radical (unpaired) electrons. The molecular formula is C24H32ClN7O4S2. The molecule has 206 valence electrons. The van der Waals surface area contributed by atoms with Crippen molar-refractivity contribution in [2.24, 2.45) is 0 Å². The fourth-order valence-electron chi connectivity index (χ4n) is 4.98. The summed E-state index contributed by atoms with van der Waals surface area (Å²) in [6.45, 7) is 2.90. The molecular weight excluding hydrogens is 550 g/mol. The Labute approximate surface area is 231 Å². The van der Waals surface area contributed by atoms with Crippen molar-refractivity contribution in [2.45, 2.75) is 36.2 Å². The number of amides is 3. The van der Waals surface area contributed by atoms with E-state index >= 15 is 0 Å². The highest BCUT2D eigenvalue weighted by Gasteiger charge is 2.41. The highest BCUT2D eigenvalue weighted by molar-refractivity contribution is 8.03. The molecule has 11 nitrogen and oxygen atoms in total. The maximum absolute atomic E-state index is 13.7. The van der Waals surface area contributed by atoms with Crippen LogP contribution < -0.4 is 5.43 Å². The van der Waals surface area contributed by atoms with Gasteiger partial charge in [-0.2, -0.15) is 4.31 Å². The van der Waals surface area contributed by atoms with Crippen molar-refractivity contribution in [2.75, 3.05) is 47.3 Å². The highest BCUT2D eigenvalue weighted by atomic mass is 35.5. The molecule has 0 spiro atoms. The lowest BCUT2D eigenvalue weighted by atomic mass is 10.1. The average molecular weight is 582 g/mol. The minimum absolute atomic E-state index is 0.0140. The molecule has 1 aromatic heterocycles. The third-order valence-electron chi connectivity index (χ3n) is 7.34. The molecule has 3 amide bonds. The molecule has 2 aromatic rings. The number of H-pyrrole nitrogens is 1. The average Bonchev–Trinajstić information content (AvgIpc) is 3.43. The molecule has 1 aromatic carbocycles. The lowest BCUT2D eigenvalue weighted by Gasteiger charge is -2.43. The van der Waals surface area contributed by atoms with Gasteiger partial charge in [-0.3, -0.25) is 10.2 Å². The van der Waals surface area contributed by atoms with E-state index in [1.807, 2.05) is 7.05 Å². The fourth-order valence-corrected chi connectivity index (χ4v) is 7.82. The first kappa shape index (κ1) is 27.0. The first-order valence-electron chi connectivity index (χ1n) is 12.4. The number of benzene rings is 1. The molecule has 3 aliphatic heterocycles. The number of aromatic amines is 1. The Hall–Kier alpha value is -2.61. The van der Waals surface area contributed by atoms with Crippen LogP contribution in [0.3, 0.4) is 0 Å². The number of fused-ring (bicyclic) bond motifs is 1. The number of halogens is 1. The molecule has 38 heavy (non-hydrogen) atoms. The Balaban J connectivity index is 1.37. The number of rotatable bonds is 4. The van der Waals surface area contributed by atoms with Crippen molar-refractivity contribution in [3.05, 3.63) is 40.0 Å². The second kappa shape index (κ2) is 10.2. The van der Waals surface area contributed by atoms with Crippen LogP contribution in [0.4, 0.5) is 4.79 Å². The number of hydrazine groups is 1. The second-order valence-corrected chi connectivity index (χ2v) is 13.6. The van der Waals surface area contributed by atoms with Crippen molar-refractivity contribution in [1.29, 1.82) is 0 Å². The van der Waals surface area contributed by atoms with Crippen LogP contribution in [0, 0.1) is 0 Å². The summed E-state index contributed by atoms with van der Waals surface area (Å²) in [5, 5.41) is 4.08. The van der Waals surface area contributed by atoms with Gasteiger partial charge < -0.3 is 19.7 Å². The molecule has 5 rings (SSSR count). The van der Waals surface area contributed by atoms with E-state index in [9.17, 15) is 18.0 Å². The van der Waals surface area contributed by atoms with Crippen LogP contribution in [0.25, 0.3) is 10.9 Å². The van der Waals surface area contributed by atoms with E-state index in [-0.39, 0.29) is 48.4 Å². The normalized spacial score (nSPS) is 22.6. The smallest absolute Gasteiger partial charge is 0.339 e. The maximum Gasteiger partial charge on any atom is 0.339 e. The minimum Gasteiger partial charge on any atom is -0.364 e. The van der Waals surface area contributed by atoms with E-state index in [0.717, 1.165) is 11.4 Å². The van der Waals surface area contributed by atoms with Crippen LogP contribution >= 0.6 is 23.4 Å². The van der Waals surface area contributed by atoms with Crippen molar-refractivity contribution in [1.82, 2.24) is 34.4 Å². The van der Waals surface area contributed by atoms with E-state index in [1.165, 1.54) is 14.9 Å². The third-order valence-corrected chi connectivity index (χ3v) is 10.6. The number of thioether (sulfide) groups is 1. The number of urea groups is 1. The monoisotopic (exact) mass is 581 g/mol. The van der Waals surface area contributed by atoms with Gasteiger partial charge in [-0.15, -0.1) is 0 Å². The number of piperazine rings is 1. The van der Waals surface area contributed by atoms with E-state index in [4.69, 9.17) is 11.6 Å². The molecule has 2 unspecified atom stereocenters. The molecule has 14 heteroatoms. The summed E-state index contributed by atoms with van der Waals surface area (Å²) in [6.07, 6.45) is 0.741. The van der Waals surface area contributed by atoms with Gasteiger partial charge in [-0.25, -0.2) is 18.2 Å². The van der Waals surface area contributed by atoms with Crippen LogP contribution in [-0.4, -0.2) is 108 Å². The summed E-state index contributed by atoms with van der Waals surface area (Å²) in [5.74, 6) is -0.175. The predicted molar refractivity (Wildman–Crippen MR) is 148 cm³/mol. The van der Waals surface area contributed by atoms with E-state index in [1.54, 1.807) is 60.0 Å². The van der Waals surface area contributed by atoms with Crippen LogP contribution in [0.15, 0.2) is 40.0 Å². The standard InChI is InChI=1S/C24H32ClN7O4S2/c1-15-29(4)20-7-8-32(27-23(20)37-15)24(34)31-10-9-30(14-18(31)13-22(33)28(2)3)38(35,36)21-12-16-11-17(25)5-6-19(16)26-21/h5-6,11-12,15,18,26-27H,7-10,13-14H2,1-4H3. The van der Waals surface area contributed by atoms with Gasteiger partial charge in [0.15, 0.2) is 0 Å². The Morgan fingerprint density at radius 2 is 1.95 bits per heavy atom. The second-order valence-electron chi connectivity index (χ2n) is 9.97. The molecule has 2 N–H and O–H groups in total. The fraction of sp³-hybridized carbons (Fsp3) is 0.500. The Kier molecular flexibility index (Phi) is 7.22. The van der Waals surface area contributed by atoms with Gasteiger partial charge in [0.25, 0.3) is 10.0 Å². The quantitative estimate of drug-likeness (QED) is 0.570. The zero-order chi connectivity index (χ0) is 27.4. The first-order valence-corrected chi connectivity index (χ1v) is 15.1. The number of nitrogens with one attached hydrogen (secondary N) is 2. The van der Waals surface area contributed by atoms with Crippen molar-refractivity contribution < 1.29 is 18.0 Å². The van der Waals surface area contributed by atoms with Gasteiger partial charge in [-0.05, 0) is 31.2 Å². The Bertz CT molecular complexity index is 1410. The number of carbonyl (C=O) groups is 2. The molecule has 0 saturated carbocycles. The summed E-state index contributed by atoms with van der Waals surface area (Å²) in [5.41, 5.74) is 5.10. The van der Waals surface area contributed by atoms with Crippen molar-refractivity contribution in [3.8, 4) is 0 Å². The van der Waals surface area contributed by atoms with Crippen LogP contribution in [0.5, 0.6) is 0 Å². The highest BCUT2D eigenvalue weighted by Crippen LogP contribution is 2.38. The summed E-state index contributed by atoms with van der Waals surface area (Å²) in [7, 11) is 1.45. The minimum atomic E-state index is -3.90. The molecule has 1 fully saturated rings. The molecule has 4 heterocycles. The Morgan fingerprint density at radius 1 is 1.18 bits per heavy atom. The molecule has 2 atom stereocenters. The van der Waals surface area contributed by atoms with Gasteiger partial charge in [-0.1, -0.05) is 23.4 Å². The van der Waals surface area contributed by atoms with Crippen molar-refractivity contribution in [3.63, 3.8) is 0 Å². The number of aromatic nitrogens is 1. The van der Waals surface area contributed by atoms with E-state index < -0.39 is 16.1 Å². The lowest BCUT2D eigenvalue weighted by molar-refractivity contribution is -0.130. The number of carbonyl (C=O) groups excluding carboxylic acids is 2.